The number of carbonyl (C=O) groups is 1. The molecule has 2 N–H and O–H groups in total. The molecule has 4 bridgehead atoms. The van der Waals surface area contributed by atoms with Gasteiger partial charge in [-0.15, -0.1) is 12.4 Å². The Morgan fingerprint density at radius 2 is 1.65 bits per heavy atom. The van der Waals surface area contributed by atoms with Crippen molar-refractivity contribution in [3.63, 3.8) is 0 Å². The summed E-state index contributed by atoms with van der Waals surface area (Å²) in [5, 5.41) is 6.74. The Bertz CT molecular complexity index is 339. The standard InChI is InChI=1S/C16H26N2O.ClH/c19-16(18-14-2-1-3-17-9-14)15-12-5-10-4-11(7-12)8-13(15)6-10;/h10-15,17H,1-9H2,(H,18,19);1H. The van der Waals surface area contributed by atoms with Crippen LogP contribution in [0.4, 0.5) is 0 Å². The van der Waals surface area contributed by atoms with Gasteiger partial charge in [0, 0.05) is 18.5 Å². The maximum absolute atomic E-state index is 12.7. The van der Waals surface area contributed by atoms with Crippen molar-refractivity contribution in [3.05, 3.63) is 0 Å². The number of hydrogen-bond acceptors (Lipinski definition) is 2. The van der Waals surface area contributed by atoms with Crippen LogP contribution in [0.2, 0.25) is 0 Å². The Morgan fingerprint density at radius 1 is 1.00 bits per heavy atom. The van der Waals surface area contributed by atoms with Crippen molar-refractivity contribution >= 4 is 18.3 Å². The number of carbonyl (C=O) groups excluding carboxylic acids is 1. The third-order valence-electron chi connectivity index (χ3n) is 6.17. The first-order valence-electron chi connectivity index (χ1n) is 8.30. The fraction of sp³-hybridized carbons (Fsp3) is 0.938. The third kappa shape index (κ3) is 2.59. The van der Waals surface area contributed by atoms with Crippen LogP contribution < -0.4 is 10.6 Å². The number of rotatable bonds is 2. The fourth-order valence-corrected chi connectivity index (χ4v) is 5.63. The number of piperidine rings is 1. The molecule has 4 aliphatic carbocycles. The summed E-state index contributed by atoms with van der Waals surface area (Å²) in [6.07, 6.45) is 9.19. The van der Waals surface area contributed by atoms with E-state index in [0.717, 1.165) is 31.3 Å². The molecule has 1 unspecified atom stereocenters. The molecule has 1 saturated heterocycles. The number of halogens is 1. The van der Waals surface area contributed by atoms with Gasteiger partial charge < -0.3 is 10.6 Å². The molecule has 0 aromatic carbocycles. The zero-order valence-corrected chi connectivity index (χ0v) is 13.0. The summed E-state index contributed by atoms with van der Waals surface area (Å²) >= 11 is 0. The Morgan fingerprint density at radius 3 is 2.20 bits per heavy atom. The summed E-state index contributed by atoms with van der Waals surface area (Å²) in [4.78, 5) is 12.7. The van der Waals surface area contributed by atoms with Crippen LogP contribution in [0.5, 0.6) is 0 Å². The van der Waals surface area contributed by atoms with Gasteiger partial charge in [-0.05, 0) is 75.2 Å². The summed E-state index contributed by atoms with van der Waals surface area (Å²) in [6, 6.07) is 0.387. The second kappa shape index (κ2) is 5.84. The van der Waals surface area contributed by atoms with Gasteiger partial charge in [0.05, 0.1) is 0 Å². The van der Waals surface area contributed by atoms with E-state index >= 15 is 0 Å². The van der Waals surface area contributed by atoms with E-state index < -0.39 is 0 Å². The highest BCUT2D eigenvalue weighted by atomic mass is 35.5. The van der Waals surface area contributed by atoms with Crippen LogP contribution >= 0.6 is 12.4 Å². The number of hydrogen-bond donors (Lipinski definition) is 2. The van der Waals surface area contributed by atoms with Crippen molar-refractivity contribution in [2.75, 3.05) is 13.1 Å². The zero-order chi connectivity index (χ0) is 12.8. The van der Waals surface area contributed by atoms with Crippen LogP contribution in [-0.2, 0) is 4.79 Å². The highest BCUT2D eigenvalue weighted by Gasteiger charge is 2.50. The smallest absolute Gasteiger partial charge is 0.223 e. The molecular weight excluding hydrogens is 272 g/mol. The largest absolute Gasteiger partial charge is 0.352 e. The van der Waals surface area contributed by atoms with E-state index in [2.05, 4.69) is 10.6 Å². The monoisotopic (exact) mass is 298 g/mol. The van der Waals surface area contributed by atoms with Crippen molar-refractivity contribution in [2.45, 2.75) is 51.0 Å². The first-order chi connectivity index (χ1) is 9.29. The fourth-order valence-electron chi connectivity index (χ4n) is 5.63. The normalized spacial score (nSPS) is 45.8. The lowest BCUT2D eigenvalue weighted by molar-refractivity contribution is -0.139. The predicted octanol–water partition coefficient (Wildman–Crippen LogP) is 2.35. The molecule has 1 amide bonds. The molecule has 4 saturated carbocycles. The molecular formula is C16H27ClN2O. The van der Waals surface area contributed by atoms with E-state index in [1.807, 2.05) is 0 Å². The molecule has 1 heterocycles. The second-order valence-electron chi connectivity index (χ2n) is 7.51. The molecule has 5 rings (SSSR count). The summed E-state index contributed by atoms with van der Waals surface area (Å²) in [5.41, 5.74) is 0. The maximum atomic E-state index is 12.7. The molecule has 0 radical (unpaired) electrons. The average Bonchev–Trinajstić information content (AvgIpc) is 2.38. The Kier molecular flexibility index (Phi) is 4.28. The lowest BCUT2D eigenvalue weighted by Gasteiger charge is -2.53. The highest BCUT2D eigenvalue weighted by Crippen LogP contribution is 2.56. The van der Waals surface area contributed by atoms with Crippen LogP contribution in [0, 0.1) is 29.6 Å². The van der Waals surface area contributed by atoms with Crippen LogP contribution in [0.15, 0.2) is 0 Å². The van der Waals surface area contributed by atoms with E-state index in [0.29, 0.717) is 29.7 Å². The van der Waals surface area contributed by atoms with Gasteiger partial charge in [-0.3, -0.25) is 4.79 Å². The summed E-state index contributed by atoms with van der Waals surface area (Å²) in [7, 11) is 0. The number of nitrogens with one attached hydrogen (secondary N) is 2. The van der Waals surface area contributed by atoms with Crippen molar-refractivity contribution < 1.29 is 4.79 Å². The molecule has 1 aliphatic heterocycles. The first kappa shape index (κ1) is 14.6. The molecule has 3 nitrogen and oxygen atoms in total. The van der Waals surface area contributed by atoms with Crippen LogP contribution in [0.25, 0.3) is 0 Å². The molecule has 20 heavy (non-hydrogen) atoms. The lowest BCUT2D eigenvalue weighted by Crippen LogP contribution is -2.54. The quantitative estimate of drug-likeness (QED) is 0.822. The van der Waals surface area contributed by atoms with Crippen molar-refractivity contribution in [1.29, 1.82) is 0 Å². The molecule has 114 valence electrons. The van der Waals surface area contributed by atoms with Crippen LogP contribution in [0.3, 0.4) is 0 Å². The summed E-state index contributed by atoms with van der Waals surface area (Å²) < 4.78 is 0. The van der Waals surface area contributed by atoms with Gasteiger partial charge in [-0.2, -0.15) is 0 Å². The molecule has 0 aromatic rings. The van der Waals surface area contributed by atoms with Crippen molar-refractivity contribution in [3.8, 4) is 0 Å². The van der Waals surface area contributed by atoms with Crippen LogP contribution in [0.1, 0.15) is 44.9 Å². The SMILES string of the molecule is Cl.O=C(NC1CCCNC1)C1C2CC3CC(C2)CC1C3. The predicted molar refractivity (Wildman–Crippen MR) is 81.8 cm³/mol. The van der Waals surface area contributed by atoms with E-state index in [1.54, 1.807) is 0 Å². The lowest BCUT2D eigenvalue weighted by atomic mass is 9.51. The van der Waals surface area contributed by atoms with Gasteiger partial charge in [0.25, 0.3) is 0 Å². The molecule has 1 atom stereocenters. The maximum Gasteiger partial charge on any atom is 0.223 e. The third-order valence-corrected chi connectivity index (χ3v) is 6.17. The van der Waals surface area contributed by atoms with Gasteiger partial charge in [0.15, 0.2) is 0 Å². The molecule has 5 aliphatic rings. The Balaban J connectivity index is 0.00000121. The van der Waals surface area contributed by atoms with Gasteiger partial charge in [0.1, 0.15) is 0 Å². The first-order valence-corrected chi connectivity index (χ1v) is 8.30. The van der Waals surface area contributed by atoms with Gasteiger partial charge in [0.2, 0.25) is 5.91 Å². The topological polar surface area (TPSA) is 41.1 Å². The van der Waals surface area contributed by atoms with Gasteiger partial charge >= 0.3 is 0 Å². The number of amides is 1. The minimum atomic E-state index is 0. The minimum absolute atomic E-state index is 0. The van der Waals surface area contributed by atoms with Crippen molar-refractivity contribution in [1.82, 2.24) is 10.6 Å². The average molecular weight is 299 g/mol. The Hall–Kier alpha value is -0.280. The van der Waals surface area contributed by atoms with E-state index in [4.69, 9.17) is 0 Å². The van der Waals surface area contributed by atoms with E-state index in [9.17, 15) is 4.79 Å². The van der Waals surface area contributed by atoms with E-state index in [1.165, 1.54) is 38.5 Å². The minimum Gasteiger partial charge on any atom is -0.352 e. The van der Waals surface area contributed by atoms with Crippen molar-refractivity contribution in [2.24, 2.45) is 29.6 Å². The molecule has 0 spiro atoms. The van der Waals surface area contributed by atoms with E-state index in [-0.39, 0.29) is 12.4 Å². The molecule has 0 aromatic heterocycles. The second-order valence-corrected chi connectivity index (χ2v) is 7.51. The van der Waals surface area contributed by atoms with Gasteiger partial charge in [-0.25, -0.2) is 0 Å². The highest BCUT2D eigenvalue weighted by molar-refractivity contribution is 5.85. The van der Waals surface area contributed by atoms with Gasteiger partial charge in [-0.1, -0.05) is 0 Å². The Labute approximate surface area is 128 Å². The zero-order valence-electron chi connectivity index (χ0n) is 12.1. The van der Waals surface area contributed by atoms with Crippen LogP contribution in [-0.4, -0.2) is 25.0 Å². The summed E-state index contributed by atoms with van der Waals surface area (Å²) in [6.45, 7) is 2.09. The molecule has 4 heteroatoms. The molecule has 5 fully saturated rings. The summed E-state index contributed by atoms with van der Waals surface area (Å²) in [5.74, 6) is 4.10.